The minimum atomic E-state index is -0.595. The molecule has 4 heteroatoms. The van der Waals surface area contributed by atoms with E-state index in [1.54, 1.807) is 7.11 Å². The fourth-order valence-corrected chi connectivity index (χ4v) is 3.23. The molecule has 0 aromatic heterocycles. The standard InChI is InChI=1S/C17H25NO3/c1-4-13-6-5-11-17(12-13,16(19)21-3)18-14-7-9-15(20-2)10-8-14/h7-10,13,18H,4-6,11-12H2,1-3H3. The van der Waals surface area contributed by atoms with Crippen molar-refractivity contribution >= 4 is 11.7 Å². The fraction of sp³-hybridized carbons (Fsp3) is 0.588. The van der Waals surface area contributed by atoms with E-state index in [2.05, 4.69) is 12.2 Å². The van der Waals surface area contributed by atoms with E-state index < -0.39 is 5.54 Å². The van der Waals surface area contributed by atoms with Crippen LogP contribution in [0, 0.1) is 5.92 Å². The summed E-state index contributed by atoms with van der Waals surface area (Å²) < 4.78 is 10.2. The first-order valence-electron chi connectivity index (χ1n) is 7.64. The fourth-order valence-electron chi connectivity index (χ4n) is 3.23. The van der Waals surface area contributed by atoms with E-state index in [0.717, 1.165) is 37.1 Å². The number of esters is 1. The molecule has 1 N–H and O–H groups in total. The van der Waals surface area contributed by atoms with E-state index in [0.29, 0.717) is 5.92 Å². The van der Waals surface area contributed by atoms with Gasteiger partial charge in [-0.3, -0.25) is 0 Å². The minimum Gasteiger partial charge on any atom is -0.497 e. The summed E-state index contributed by atoms with van der Waals surface area (Å²) in [5.74, 6) is 1.22. The lowest BCUT2D eigenvalue weighted by molar-refractivity contribution is -0.147. The quantitative estimate of drug-likeness (QED) is 0.842. The molecule has 0 aliphatic heterocycles. The lowest BCUT2D eigenvalue weighted by Crippen LogP contribution is -2.50. The molecule has 0 amide bonds. The van der Waals surface area contributed by atoms with Gasteiger partial charge in [0.1, 0.15) is 11.3 Å². The summed E-state index contributed by atoms with van der Waals surface area (Å²) in [5, 5.41) is 3.43. The normalized spacial score (nSPS) is 25.2. The Bertz CT molecular complexity index is 471. The molecule has 0 heterocycles. The molecule has 0 saturated heterocycles. The maximum atomic E-state index is 12.4. The molecule has 4 nitrogen and oxygen atoms in total. The van der Waals surface area contributed by atoms with Crippen molar-refractivity contribution in [3.05, 3.63) is 24.3 Å². The number of nitrogens with one attached hydrogen (secondary N) is 1. The molecule has 21 heavy (non-hydrogen) atoms. The van der Waals surface area contributed by atoms with Crippen molar-refractivity contribution in [1.82, 2.24) is 0 Å². The van der Waals surface area contributed by atoms with Crippen LogP contribution in [0.25, 0.3) is 0 Å². The van der Waals surface area contributed by atoms with Crippen LogP contribution in [0.3, 0.4) is 0 Å². The maximum Gasteiger partial charge on any atom is 0.331 e. The Labute approximate surface area is 126 Å². The van der Waals surface area contributed by atoms with Gasteiger partial charge in [-0.25, -0.2) is 4.79 Å². The predicted octanol–water partition coefficient (Wildman–Crippen LogP) is 3.62. The van der Waals surface area contributed by atoms with Gasteiger partial charge in [-0.15, -0.1) is 0 Å². The van der Waals surface area contributed by atoms with Crippen LogP contribution in [0.15, 0.2) is 24.3 Å². The third-order valence-electron chi connectivity index (χ3n) is 4.48. The van der Waals surface area contributed by atoms with Gasteiger partial charge in [0.2, 0.25) is 0 Å². The summed E-state index contributed by atoms with van der Waals surface area (Å²) in [6, 6.07) is 7.68. The van der Waals surface area contributed by atoms with Crippen LogP contribution < -0.4 is 10.1 Å². The molecule has 1 saturated carbocycles. The zero-order valence-electron chi connectivity index (χ0n) is 13.1. The summed E-state index contributed by atoms with van der Waals surface area (Å²) in [6.45, 7) is 2.19. The van der Waals surface area contributed by atoms with E-state index in [1.807, 2.05) is 24.3 Å². The van der Waals surface area contributed by atoms with E-state index in [4.69, 9.17) is 9.47 Å². The van der Waals surface area contributed by atoms with Gasteiger partial charge in [-0.05, 0) is 43.0 Å². The first kappa shape index (κ1) is 15.7. The van der Waals surface area contributed by atoms with E-state index in [1.165, 1.54) is 13.5 Å². The van der Waals surface area contributed by atoms with Crippen LogP contribution in [0.4, 0.5) is 5.69 Å². The summed E-state index contributed by atoms with van der Waals surface area (Å²) in [5.41, 5.74) is 0.334. The Hall–Kier alpha value is -1.71. The Morgan fingerprint density at radius 3 is 2.62 bits per heavy atom. The van der Waals surface area contributed by atoms with Gasteiger partial charge >= 0.3 is 5.97 Å². The first-order valence-corrected chi connectivity index (χ1v) is 7.64. The number of methoxy groups -OCH3 is 2. The minimum absolute atomic E-state index is 0.156. The Balaban J connectivity index is 2.21. The van der Waals surface area contributed by atoms with Gasteiger partial charge in [0.05, 0.1) is 14.2 Å². The van der Waals surface area contributed by atoms with Gasteiger partial charge in [0.15, 0.2) is 0 Å². The number of hydrogen-bond donors (Lipinski definition) is 1. The summed E-state index contributed by atoms with van der Waals surface area (Å²) >= 11 is 0. The van der Waals surface area contributed by atoms with Crippen LogP contribution >= 0.6 is 0 Å². The monoisotopic (exact) mass is 291 g/mol. The van der Waals surface area contributed by atoms with Crippen molar-refractivity contribution in [3.63, 3.8) is 0 Å². The molecule has 1 aliphatic rings. The van der Waals surface area contributed by atoms with Crippen LogP contribution in [-0.4, -0.2) is 25.7 Å². The molecule has 2 atom stereocenters. The van der Waals surface area contributed by atoms with Crippen LogP contribution in [0.5, 0.6) is 5.75 Å². The van der Waals surface area contributed by atoms with Crippen molar-refractivity contribution in [2.24, 2.45) is 5.92 Å². The molecule has 2 rings (SSSR count). The van der Waals surface area contributed by atoms with Crippen molar-refractivity contribution < 1.29 is 14.3 Å². The van der Waals surface area contributed by atoms with E-state index in [9.17, 15) is 4.79 Å². The Kier molecular flexibility index (Phi) is 5.10. The molecular weight excluding hydrogens is 266 g/mol. The van der Waals surface area contributed by atoms with Crippen molar-refractivity contribution in [3.8, 4) is 5.75 Å². The summed E-state index contributed by atoms with van der Waals surface area (Å²) in [4.78, 5) is 12.4. The molecule has 0 spiro atoms. The number of carbonyl (C=O) groups excluding carboxylic acids is 1. The topological polar surface area (TPSA) is 47.6 Å². The van der Waals surface area contributed by atoms with Crippen LogP contribution in [0.2, 0.25) is 0 Å². The van der Waals surface area contributed by atoms with Crippen molar-refractivity contribution in [1.29, 1.82) is 0 Å². The lowest BCUT2D eigenvalue weighted by Gasteiger charge is -2.39. The van der Waals surface area contributed by atoms with E-state index >= 15 is 0 Å². The average Bonchev–Trinajstić information content (AvgIpc) is 2.54. The number of carbonyl (C=O) groups is 1. The summed E-state index contributed by atoms with van der Waals surface area (Å²) in [6.07, 6.45) is 5.00. The molecule has 1 aromatic carbocycles. The predicted molar refractivity (Wildman–Crippen MR) is 83.6 cm³/mol. The third-order valence-corrected chi connectivity index (χ3v) is 4.48. The number of rotatable bonds is 5. The highest BCUT2D eigenvalue weighted by Crippen LogP contribution is 2.37. The Morgan fingerprint density at radius 2 is 2.05 bits per heavy atom. The zero-order valence-corrected chi connectivity index (χ0v) is 13.1. The molecule has 0 radical (unpaired) electrons. The van der Waals surface area contributed by atoms with Gasteiger partial charge in [-0.1, -0.05) is 26.2 Å². The number of anilines is 1. The van der Waals surface area contributed by atoms with Crippen molar-refractivity contribution in [2.45, 2.75) is 44.6 Å². The van der Waals surface area contributed by atoms with Gasteiger partial charge in [0, 0.05) is 5.69 Å². The molecular formula is C17H25NO3. The summed E-state index contributed by atoms with van der Waals surface area (Å²) in [7, 11) is 3.11. The molecule has 1 fully saturated rings. The second-order valence-electron chi connectivity index (χ2n) is 5.80. The molecule has 1 aliphatic carbocycles. The SMILES string of the molecule is CCC1CCCC(Nc2ccc(OC)cc2)(C(=O)OC)C1. The highest BCUT2D eigenvalue weighted by Gasteiger charge is 2.43. The zero-order chi connectivity index (χ0) is 15.3. The number of hydrogen-bond acceptors (Lipinski definition) is 4. The van der Waals surface area contributed by atoms with E-state index in [-0.39, 0.29) is 5.97 Å². The number of ether oxygens (including phenoxy) is 2. The highest BCUT2D eigenvalue weighted by atomic mass is 16.5. The molecule has 1 aromatic rings. The highest BCUT2D eigenvalue weighted by molar-refractivity contribution is 5.84. The first-order chi connectivity index (χ1) is 10.1. The molecule has 116 valence electrons. The van der Waals surface area contributed by atoms with Crippen LogP contribution in [-0.2, 0) is 9.53 Å². The third kappa shape index (κ3) is 3.49. The van der Waals surface area contributed by atoms with Crippen molar-refractivity contribution in [2.75, 3.05) is 19.5 Å². The lowest BCUT2D eigenvalue weighted by atomic mass is 9.74. The molecule has 0 bridgehead atoms. The van der Waals surface area contributed by atoms with Gasteiger partial charge < -0.3 is 14.8 Å². The largest absolute Gasteiger partial charge is 0.497 e. The number of benzene rings is 1. The molecule has 2 unspecified atom stereocenters. The second kappa shape index (κ2) is 6.83. The maximum absolute atomic E-state index is 12.4. The van der Waals surface area contributed by atoms with Gasteiger partial charge in [0.25, 0.3) is 0 Å². The van der Waals surface area contributed by atoms with Gasteiger partial charge in [-0.2, -0.15) is 0 Å². The second-order valence-corrected chi connectivity index (χ2v) is 5.80. The average molecular weight is 291 g/mol. The smallest absolute Gasteiger partial charge is 0.331 e. The van der Waals surface area contributed by atoms with Crippen LogP contribution in [0.1, 0.15) is 39.0 Å². The Morgan fingerprint density at radius 1 is 1.33 bits per heavy atom.